The summed E-state index contributed by atoms with van der Waals surface area (Å²) in [5.74, 6) is 1.80. The van der Waals surface area contributed by atoms with Gasteiger partial charge in [-0.1, -0.05) is 41.4 Å². The highest BCUT2D eigenvalue weighted by atomic mass is 79.9. The van der Waals surface area contributed by atoms with Gasteiger partial charge >= 0.3 is 0 Å². The molecule has 0 saturated carbocycles. The van der Waals surface area contributed by atoms with E-state index in [2.05, 4.69) is 35.8 Å². The minimum atomic E-state index is -0.113. The predicted octanol–water partition coefficient (Wildman–Crippen LogP) is 5.53. The van der Waals surface area contributed by atoms with Gasteiger partial charge in [-0.15, -0.1) is 0 Å². The summed E-state index contributed by atoms with van der Waals surface area (Å²) < 4.78 is 7.00. The smallest absolute Gasteiger partial charge is 0.131 e. The Kier molecular flexibility index (Phi) is 2.68. The first kappa shape index (κ1) is 12.1. The summed E-state index contributed by atoms with van der Waals surface area (Å²) >= 11 is 9.61. The third-order valence-electron chi connectivity index (χ3n) is 3.45. The SMILES string of the molecule is CC1(C)c2cc(Cl)ccc2Oc2ccc(Br)cc21. The normalized spacial score (nSPS) is 15.6. The summed E-state index contributed by atoms with van der Waals surface area (Å²) in [6.07, 6.45) is 0. The van der Waals surface area contributed by atoms with Gasteiger partial charge in [-0.05, 0) is 36.4 Å². The molecule has 0 aliphatic carbocycles. The van der Waals surface area contributed by atoms with Crippen LogP contribution in [0.15, 0.2) is 40.9 Å². The van der Waals surface area contributed by atoms with Crippen LogP contribution in [-0.2, 0) is 5.41 Å². The van der Waals surface area contributed by atoms with Crippen molar-refractivity contribution in [3.05, 3.63) is 57.0 Å². The largest absolute Gasteiger partial charge is 0.457 e. The second-order valence-electron chi connectivity index (χ2n) is 5.01. The van der Waals surface area contributed by atoms with E-state index in [1.807, 2.05) is 30.3 Å². The first-order valence-corrected chi connectivity index (χ1v) is 6.93. The van der Waals surface area contributed by atoms with Crippen molar-refractivity contribution < 1.29 is 4.74 Å². The monoisotopic (exact) mass is 322 g/mol. The minimum absolute atomic E-state index is 0.113. The van der Waals surface area contributed by atoms with Gasteiger partial charge in [0.05, 0.1) is 0 Å². The highest BCUT2D eigenvalue weighted by molar-refractivity contribution is 9.10. The molecule has 1 aliphatic heterocycles. The van der Waals surface area contributed by atoms with E-state index in [1.54, 1.807) is 0 Å². The Balaban J connectivity index is 2.27. The van der Waals surface area contributed by atoms with Crippen LogP contribution in [0.4, 0.5) is 0 Å². The average molecular weight is 324 g/mol. The summed E-state index contributed by atoms with van der Waals surface area (Å²) in [6, 6.07) is 11.9. The van der Waals surface area contributed by atoms with Crippen LogP contribution in [0, 0.1) is 0 Å². The van der Waals surface area contributed by atoms with Crippen LogP contribution >= 0.6 is 27.5 Å². The van der Waals surface area contributed by atoms with E-state index in [-0.39, 0.29) is 5.41 Å². The van der Waals surface area contributed by atoms with Crippen molar-refractivity contribution in [3.8, 4) is 11.5 Å². The van der Waals surface area contributed by atoms with Gasteiger partial charge < -0.3 is 4.74 Å². The molecular weight excluding hydrogens is 312 g/mol. The molecule has 0 N–H and O–H groups in total. The molecule has 0 atom stereocenters. The topological polar surface area (TPSA) is 9.23 Å². The number of rotatable bonds is 0. The molecule has 0 unspecified atom stereocenters. The minimum Gasteiger partial charge on any atom is -0.457 e. The first-order chi connectivity index (χ1) is 8.48. The molecule has 1 aliphatic rings. The number of ether oxygens (including phenoxy) is 1. The highest BCUT2D eigenvalue weighted by Gasteiger charge is 2.34. The lowest BCUT2D eigenvalue weighted by Gasteiger charge is -2.34. The van der Waals surface area contributed by atoms with E-state index < -0.39 is 0 Å². The van der Waals surface area contributed by atoms with Gasteiger partial charge in [0.15, 0.2) is 0 Å². The zero-order valence-electron chi connectivity index (χ0n) is 10.1. The fourth-order valence-electron chi connectivity index (χ4n) is 2.42. The standard InChI is InChI=1S/C15H12BrClO/c1-15(2)11-7-9(16)3-5-13(11)18-14-6-4-10(17)8-12(14)15/h3-8H,1-2H3. The fourth-order valence-corrected chi connectivity index (χ4v) is 2.96. The van der Waals surface area contributed by atoms with E-state index in [0.717, 1.165) is 26.6 Å². The highest BCUT2D eigenvalue weighted by Crippen LogP contribution is 2.48. The van der Waals surface area contributed by atoms with Crippen molar-refractivity contribution in [2.75, 3.05) is 0 Å². The first-order valence-electron chi connectivity index (χ1n) is 5.76. The van der Waals surface area contributed by atoms with Gasteiger partial charge in [-0.3, -0.25) is 0 Å². The third kappa shape index (κ3) is 1.75. The third-order valence-corrected chi connectivity index (χ3v) is 4.18. The van der Waals surface area contributed by atoms with Crippen molar-refractivity contribution in [3.63, 3.8) is 0 Å². The molecule has 1 nitrogen and oxygen atoms in total. The predicted molar refractivity (Wildman–Crippen MR) is 77.8 cm³/mol. The Labute approximate surface area is 120 Å². The molecule has 0 fully saturated rings. The van der Waals surface area contributed by atoms with E-state index in [4.69, 9.17) is 16.3 Å². The average Bonchev–Trinajstić information content (AvgIpc) is 2.32. The summed E-state index contributed by atoms with van der Waals surface area (Å²) in [5, 5.41) is 0.740. The van der Waals surface area contributed by atoms with Crippen LogP contribution in [0.5, 0.6) is 11.5 Å². The number of halogens is 2. The lowest BCUT2D eigenvalue weighted by atomic mass is 9.76. The van der Waals surface area contributed by atoms with Gasteiger partial charge in [-0.2, -0.15) is 0 Å². The zero-order valence-corrected chi connectivity index (χ0v) is 12.5. The van der Waals surface area contributed by atoms with Gasteiger partial charge in [0.25, 0.3) is 0 Å². The molecule has 0 amide bonds. The Morgan fingerprint density at radius 2 is 1.61 bits per heavy atom. The van der Waals surface area contributed by atoms with Crippen molar-refractivity contribution >= 4 is 27.5 Å². The van der Waals surface area contributed by atoms with E-state index in [1.165, 1.54) is 5.56 Å². The number of hydrogen-bond acceptors (Lipinski definition) is 1. The van der Waals surface area contributed by atoms with Crippen LogP contribution in [0.3, 0.4) is 0 Å². The molecule has 0 saturated heterocycles. The fraction of sp³-hybridized carbons (Fsp3) is 0.200. The molecule has 0 spiro atoms. The second-order valence-corrected chi connectivity index (χ2v) is 6.36. The maximum atomic E-state index is 6.10. The van der Waals surface area contributed by atoms with E-state index >= 15 is 0 Å². The van der Waals surface area contributed by atoms with Gasteiger partial charge in [0, 0.05) is 26.0 Å². The van der Waals surface area contributed by atoms with Crippen LogP contribution < -0.4 is 4.74 Å². The molecule has 18 heavy (non-hydrogen) atoms. The van der Waals surface area contributed by atoms with Gasteiger partial charge in [0.2, 0.25) is 0 Å². The van der Waals surface area contributed by atoms with Crippen LogP contribution in [0.25, 0.3) is 0 Å². The van der Waals surface area contributed by atoms with Crippen molar-refractivity contribution in [2.24, 2.45) is 0 Å². The van der Waals surface area contributed by atoms with Crippen LogP contribution in [-0.4, -0.2) is 0 Å². The van der Waals surface area contributed by atoms with E-state index in [9.17, 15) is 0 Å². The maximum Gasteiger partial charge on any atom is 0.131 e. The molecule has 2 aromatic carbocycles. The number of hydrogen-bond donors (Lipinski definition) is 0. The Bertz CT molecular complexity index is 581. The molecule has 0 aromatic heterocycles. The Morgan fingerprint density at radius 1 is 1.00 bits per heavy atom. The molecule has 0 radical (unpaired) electrons. The van der Waals surface area contributed by atoms with Gasteiger partial charge in [-0.25, -0.2) is 0 Å². The number of benzene rings is 2. The second kappa shape index (κ2) is 4.01. The molecule has 92 valence electrons. The number of fused-ring (bicyclic) bond motifs is 2. The van der Waals surface area contributed by atoms with Crippen LogP contribution in [0.1, 0.15) is 25.0 Å². The van der Waals surface area contributed by atoms with Crippen molar-refractivity contribution in [1.82, 2.24) is 0 Å². The van der Waals surface area contributed by atoms with Gasteiger partial charge in [0.1, 0.15) is 11.5 Å². The summed E-state index contributed by atoms with van der Waals surface area (Å²) in [4.78, 5) is 0. The zero-order chi connectivity index (χ0) is 12.9. The summed E-state index contributed by atoms with van der Waals surface area (Å²) in [7, 11) is 0. The Morgan fingerprint density at radius 3 is 2.33 bits per heavy atom. The van der Waals surface area contributed by atoms with Crippen molar-refractivity contribution in [2.45, 2.75) is 19.3 Å². The lowest BCUT2D eigenvalue weighted by molar-refractivity contribution is 0.418. The van der Waals surface area contributed by atoms with Crippen molar-refractivity contribution in [1.29, 1.82) is 0 Å². The quantitative estimate of drug-likeness (QED) is 0.619. The van der Waals surface area contributed by atoms with Crippen LogP contribution in [0.2, 0.25) is 5.02 Å². The molecule has 0 bridgehead atoms. The molecule has 3 rings (SSSR count). The lowest BCUT2D eigenvalue weighted by Crippen LogP contribution is -2.24. The maximum absolute atomic E-state index is 6.10. The molecular formula is C15H12BrClO. The molecule has 2 aromatic rings. The molecule has 3 heteroatoms. The Hall–Kier alpha value is -0.990. The molecule has 1 heterocycles. The summed E-state index contributed by atoms with van der Waals surface area (Å²) in [5.41, 5.74) is 2.18. The summed E-state index contributed by atoms with van der Waals surface area (Å²) in [6.45, 7) is 4.38. The van der Waals surface area contributed by atoms with E-state index in [0.29, 0.717) is 0 Å².